The lowest BCUT2D eigenvalue weighted by molar-refractivity contribution is -0.138. The molecule has 7 nitrogen and oxygen atoms in total. The SMILES string of the molecule is CC(NC(=O)c1ccc(N2CCNC2=O)cc1)C(=O)O. The molecule has 0 bridgehead atoms. The van der Waals surface area contributed by atoms with Crippen LogP contribution in [0.15, 0.2) is 24.3 Å². The first-order chi connectivity index (χ1) is 9.49. The predicted molar refractivity (Wildman–Crippen MR) is 71.8 cm³/mol. The highest BCUT2D eigenvalue weighted by molar-refractivity contribution is 5.98. The predicted octanol–water partition coefficient (Wildman–Crippen LogP) is 0.419. The van der Waals surface area contributed by atoms with E-state index in [1.165, 1.54) is 6.92 Å². The summed E-state index contributed by atoms with van der Waals surface area (Å²) in [6.45, 7) is 2.57. The number of nitrogens with zero attached hydrogens (tertiary/aromatic N) is 1. The number of amides is 3. The molecule has 0 radical (unpaired) electrons. The fourth-order valence-corrected chi connectivity index (χ4v) is 1.85. The first-order valence-corrected chi connectivity index (χ1v) is 6.18. The standard InChI is InChI=1S/C13H15N3O4/c1-8(12(18)19)15-11(17)9-2-4-10(5-3-9)16-7-6-14-13(16)20/h2-5,8H,6-7H2,1H3,(H,14,20)(H,15,17)(H,18,19). The number of nitrogens with one attached hydrogen (secondary N) is 2. The van der Waals surface area contributed by atoms with Gasteiger partial charge in [-0.25, -0.2) is 4.79 Å². The summed E-state index contributed by atoms with van der Waals surface area (Å²) in [5.41, 5.74) is 1.05. The number of rotatable bonds is 4. The highest BCUT2D eigenvalue weighted by Gasteiger charge is 2.21. The van der Waals surface area contributed by atoms with Gasteiger partial charge in [0.25, 0.3) is 5.91 Å². The molecule has 2 rings (SSSR count). The maximum absolute atomic E-state index is 11.8. The van der Waals surface area contributed by atoms with Crippen LogP contribution < -0.4 is 15.5 Å². The van der Waals surface area contributed by atoms with E-state index in [1.54, 1.807) is 29.2 Å². The topological polar surface area (TPSA) is 98.7 Å². The number of hydrogen-bond donors (Lipinski definition) is 3. The molecule has 1 aliphatic rings. The maximum atomic E-state index is 11.8. The minimum absolute atomic E-state index is 0.165. The summed E-state index contributed by atoms with van der Waals surface area (Å²) >= 11 is 0. The lowest BCUT2D eigenvalue weighted by atomic mass is 10.1. The van der Waals surface area contributed by atoms with E-state index in [4.69, 9.17) is 5.11 Å². The number of carboxylic acids is 1. The van der Waals surface area contributed by atoms with E-state index < -0.39 is 17.9 Å². The van der Waals surface area contributed by atoms with Gasteiger partial charge in [-0.1, -0.05) is 0 Å². The molecule has 20 heavy (non-hydrogen) atoms. The molecule has 1 heterocycles. The molecule has 1 aliphatic heterocycles. The summed E-state index contributed by atoms with van der Waals surface area (Å²) in [6.07, 6.45) is 0. The molecule has 0 aliphatic carbocycles. The summed E-state index contributed by atoms with van der Waals surface area (Å²) in [6, 6.07) is 5.32. The van der Waals surface area contributed by atoms with Gasteiger partial charge in [0.2, 0.25) is 0 Å². The maximum Gasteiger partial charge on any atom is 0.325 e. The highest BCUT2D eigenvalue weighted by atomic mass is 16.4. The Morgan fingerprint density at radius 2 is 2.00 bits per heavy atom. The van der Waals surface area contributed by atoms with E-state index in [2.05, 4.69) is 10.6 Å². The summed E-state index contributed by atoms with van der Waals surface area (Å²) in [4.78, 5) is 35.5. The van der Waals surface area contributed by atoms with Crippen molar-refractivity contribution in [3.8, 4) is 0 Å². The van der Waals surface area contributed by atoms with Crippen LogP contribution in [0.25, 0.3) is 0 Å². The zero-order valence-corrected chi connectivity index (χ0v) is 10.9. The Bertz CT molecular complexity index is 541. The van der Waals surface area contributed by atoms with Crippen LogP contribution in [0, 0.1) is 0 Å². The number of anilines is 1. The zero-order chi connectivity index (χ0) is 14.7. The molecule has 1 unspecified atom stereocenters. The third-order valence-corrected chi connectivity index (χ3v) is 3.02. The van der Waals surface area contributed by atoms with Crippen LogP contribution in [-0.4, -0.2) is 42.1 Å². The average molecular weight is 277 g/mol. The normalized spacial score (nSPS) is 15.7. The van der Waals surface area contributed by atoms with Crippen LogP contribution in [0.2, 0.25) is 0 Å². The summed E-state index contributed by atoms with van der Waals surface area (Å²) in [5, 5.41) is 13.8. The van der Waals surface area contributed by atoms with Gasteiger partial charge in [0.15, 0.2) is 0 Å². The Balaban J connectivity index is 2.06. The number of aliphatic carboxylic acids is 1. The molecule has 3 N–H and O–H groups in total. The van der Waals surface area contributed by atoms with E-state index in [9.17, 15) is 14.4 Å². The number of carbonyl (C=O) groups excluding carboxylic acids is 2. The minimum atomic E-state index is -1.09. The quantitative estimate of drug-likeness (QED) is 0.742. The molecular formula is C13H15N3O4. The van der Waals surface area contributed by atoms with Crippen LogP contribution in [0.5, 0.6) is 0 Å². The van der Waals surface area contributed by atoms with E-state index in [0.29, 0.717) is 24.3 Å². The molecule has 1 aromatic rings. The molecular weight excluding hydrogens is 262 g/mol. The Morgan fingerprint density at radius 1 is 1.35 bits per heavy atom. The second kappa shape index (κ2) is 5.60. The highest BCUT2D eigenvalue weighted by Crippen LogP contribution is 2.17. The number of carboxylic acid groups (broad SMARTS) is 1. The molecule has 1 atom stereocenters. The van der Waals surface area contributed by atoms with Gasteiger partial charge in [0.05, 0.1) is 0 Å². The largest absolute Gasteiger partial charge is 0.480 e. The van der Waals surface area contributed by atoms with Crippen molar-refractivity contribution in [1.82, 2.24) is 10.6 Å². The number of urea groups is 1. The van der Waals surface area contributed by atoms with E-state index in [0.717, 1.165) is 0 Å². The first-order valence-electron chi connectivity index (χ1n) is 6.18. The number of carbonyl (C=O) groups is 3. The third-order valence-electron chi connectivity index (χ3n) is 3.02. The van der Waals surface area contributed by atoms with Gasteiger partial charge in [-0.05, 0) is 31.2 Å². The van der Waals surface area contributed by atoms with Crippen molar-refractivity contribution in [2.75, 3.05) is 18.0 Å². The molecule has 0 aromatic heterocycles. The minimum Gasteiger partial charge on any atom is -0.480 e. The van der Waals surface area contributed by atoms with Crippen LogP contribution in [0.3, 0.4) is 0 Å². The molecule has 1 fully saturated rings. The lowest BCUT2D eigenvalue weighted by Gasteiger charge is -2.15. The molecule has 3 amide bonds. The van der Waals surface area contributed by atoms with Gasteiger partial charge in [-0.2, -0.15) is 0 Å². The Hall–Kier alpha value is -2.57. The second-order valence-corrected chi connectivity index (χ2v) is 4.46. The van der Waals surface area contributed by atoms with Crippen LogP contribution in [-0.2, 0) is 4.79 Å². The summed E-state index contributed by atoms with van der Waals surface area (Å²) in [7, 11) is 0. The molecule has 7 heteroatoms. The van der Waals surface area contributed by atoms with Crippen molar-refractivity contribution in [1.29, 1.82) is 0 Å². The first kappa shape index (κ1) is 13.9. The van der Waals surface area contributed by atoms with Gasteiger partial charge in [-0.3, -0.25) is 14.5 Å². The van der Waals surface area contributed by atoms with Gasteiger partial charge < -0.3 is 15.7 Å². The molecule has 0 saturated carbocycles. The van der Waals surface area contributed by atoms with Crippen molar-refractivity contribution in [3.63, 3.8) is 0 Å². The summed E-state index contributed by atoms with van der Waals surface area (Å²) < 4.78 is 0. The van der Waals surface area contributed by atoms with Crippen LogP contribution >= 0.6 is 0 Å². The lowest BCUT2D eigenvalue weighted by Crippen LogP contribution is -2.38. The zero-order valence-electron chi connectivity index (χ0n) is 10.9. The molecule has 106 valence electrons. The van der Waals surface area contributed by atoms with Crippen molar-refractivity contribution in [2.24, 2.45) is 0 Å². The third kappa shape index (κ3) is 2.87. The van der Waals surface area contributed by atoms with Crippen molar-refractivity contribution in [3.05, 3.63) is 29.8 Å². The monoisotopic (exact) mass is 277 g/mol. The van der Waals surface area contributed by atoms with Crippen LogP contribution in [0.1, 0.15) is 17.3 Å². The molecule has 0 spiro atoms. The Labute approximate surface area is 115 Å². The van der Waals surface area contributed by atoms with Crippen molar-refractivity contribution < 1.29 is 19.5 Å². The molecule has 1 saturated heterocycles. The van der Waals surface area contributed by atoms with Crippen LogP contribution in [0.4, 0.5) is 10.5 Å². The van der Waals surface area contributed by atoms with E-state index in [-0.39, 0.29) is 6.03 Å². The van der Waals surface area contributed by atoms with E-state index >= 15 is 0 Å². The Kier molecular flexibility index (Phi) is 3.88. The van der Waals surface area contributed by atoms with Gasteiger partial charge in [0, 0.05) is 24.3 Å². The number of hydrogen-bond acceptors (Lipinski definition) is 3. The van der Waals surface area contributed by atoms with Gasteiger partial charge >= 0.3 is 12.0 Å². The summed E-state index contributed by atoms with van der Waals surface area (Å²) in [5.74, 6) is -1.55. The second-order valence-electron chi connectivity index (χ2n) is 4.46. The van der Waals surface area contributed by atoms with Crippen molar-refractivity contribution in [2.45, 2.75) is 13.0 Å². The number of benzene rings is 1. The smallest absolute Gasteiger partial charge is 0.325 e. The fourth-order valence-electron chi connectivity index (χ4n) is 1.85. The van der Waals surface area contributed by atoms with Crippen molar-refractivity contribution >= 4 is 23.6 Å². The Morgan fingerprint density at radius 3 is 2.50 bits per heavy atom. The molecule has 1 aromatic carbocycles. The fraction of sp³-hybridized carbons (Fsp3) is 0.308. The van der Waals surface area contributed by atoms with E-state index in [1.807, 2.05) is 0 Å². The van der Waals surface area contributed by atoms with Gasteiger partial charge in [0.1, 0.15) is 6.04 Å². The van der Waals surface area contributed by atoms with Gasteiger partial charge in [-0.15, -0.1) is 0 Å². The average Bonchev–Trinajstić information content (AvgIpc) is 2.85.